The standard InChI is InChI=1S/C16H12F6N4O/c1-6(8-3-4-9(10(17)5-8)16(20,21)22)26-14-11(12(25-26)13(18)19)15(27)24-7(2)23-14/h3-6,13H,1-2H3,(H,23,24,27)/t6-/m0/s1. The summed E-state index contributed by atoms with van der Waals surface area (Å²) in [5.41, 5.74) is -3.19. The topological polar surface area (TPSA) is 63.6 Å². The molecule has 0 saturated heterocycles. The number of aromatic nitrogens is 4. The Morgan fingerprint density at radius 3 is 2.44 bits per heavy atom. The van der Waals surface area contributed by atoms with Gasteiger partial charge in [-0.3, -0.25) is 4.79 Å². The first-order chi connectivity index (χ1) is 12.5. The molecule has 1 atom stereocenters. The van der Waals surface area contributed by atoms with E-state index in [1.54, 1.807) is 0 Å². The van der Waals surface area contributed by atoms with Crippen molar-refractivity contribution in [3.05, 3.63) is 57.0 Å². The fourth-order valence-corrected chi connectivity index (χ4v) is 2.77. The first kappa shape index (κ1) is 18.9. The summed E-state index contributed by atoms with van der Waals surface area (Å²) in [6.45, 7) is 2.85. The highest BCUT2D eigenvalue weighted by Crippen LogP contribution is 2.34. The van der Waals surface area contributed by atoms with Crippen molar-refractivity contribution < 1.29 is 26.3 Å². The molecule has 0 radical (unpaired) electrons. The van der Waals surface area contributed by atoms with Gasteiger partial charge in [0.15, 0.2) is 5.65 Å². The highest BCUT2D eigenvalue weighted by molar-refractivity contribution is 5.77. The minimum absolute atomic E-state index is 0.0467. The van der Waals surface area contributed by atoms with E-state index in [1.165, 1.54) is 13.8 Å². The highest BCUT2D eigenvalue weighted by Gasteiger charge is 2.34. The van der Waals surface area contributed by atoms with Gasteiger partial charge in [-0.1, -0.05) is 6.07 Å². The van der Waals surface area contributed by atoms with E-state index in [4.69, 9.17) is 0 Å². The van der Waals surface area contributed by atoms with Crippen molar-refractivity contribution in [1.29, 1.82) is 0 Å². The Balaban J connectivity index is 2.18. The SMILES string of the molecule is Cc1nc2c(c(C(F)F)nn2[C@@H](C)c2ccc(C(F)(F)F)c(F)c2)c(=O)[nH]1. The largest absolute Gasteiger partial charge is 0.419 e. The number of nitrogens with zero attached hydrogens (tertiary/aromatic N) is 3. The number of halogens is 6. The Morgan fingerprint density at radius 1 is 1.22 bits per heavy atom. The van der Waals surface area contributed by atoms with E-state index in [0.717, 1.165) is 10.7 Å². The molecule has 3 rings (SSSR count). The van der Waals surface area contributed by atoms with Crippen LogP contribution >= 0.6 is 0 Å². The Bertz CT molecular complexity index is 1070. The van der Waals surface area contributed by atoms with Crippen molar-refractivity contribution >= 4 is 11.0 Å². The van der Waals surface area contributed by atoms with Crippen LogP contribution in [0.15, 0.2) is 23.0 Å². The van der Waals surface area contributed by atoms with Crippen LogP contribution in [0.1, 0.15) is 42.0 Å². The summed E-state index contributed by atoms with van der Waals surface area (Å²) in [5, 5.41) is 3.29. The summed E-state index contributed by atoms with van der Waals surface area (Å²) in [6.07, 6.45) is -7.94. The van der Waals surface area contributed by atoms with Gasteiger partial charge in [0.05, 0.1) is 11.6 Å². The number of benzene rings is 1. The number of fused-ring (bicyclic) bond motifs is 1. The molecule has 11 heteroatoms. The molecule has 27 heavy (non-hydrogen) atoms. The monoisotopic (exact) mass is 390 g/mol. The summed E-state index contributed by atoms with van der Waals surface area (Å²) in [7, 11) is 0. The van der Waals surface area contributed by atoms with E-state index >= 15 is 0 Å². The molecule has 5 nitrogen and oxygen atoms in total. The third kappa shape index (κ3) is 3.28. The zero-order valence-electron chi connectivity index (χ0n) is 13.9. The molecular weight excluding hydrogens is 378 g/mol. The lowest BCUT2D eigenvalue weighted by Crippen LogP contribution is -2.14. The summed E-state index contributed by atoms with van der Waals surface area (Å²) in [4.78, 5) is 18.3. The van der Waals surface area contributed by atoms with Crippen LogP contribution in [0, 0.1) is 12.7 Å². The van der Waals surface area contributed by atoms with Crippen LogP contribution in [0.3, 0.4) is 0 Å². The predicted octanol–water partition coefficient (Wildman–Crippen LogP) is 4.13. The molecule has 0 aliphatic carbocycles. The highest BCUT2D eigenvalue weighted by atomic mass is 19.4. The third-order valence-electron chi connectivity index (χ3n) is 4.06. The molecule has 0 saturated carbocycles. The number of aryl methyl sites for hydroxylation is 1. The molecule has 0 spiro atoms. The van der Waals surface area contributed by atoms with E-state index in [0.29, 0.717) is 12.1 Å². The summed E-state index contributed by atoms with van der Waals surface area (Å²) < 4.78 is 79.5. The molecule has 0 fully saturated rings. The van der Waals surface area contributed by atoms with Crippen molar-refractivity contribution in [3.63, 3.8) is 0 Å². The van der Waals surface area contributed by atoms with Gasteiger partial charge in [0.25, 0.3) is 12.0 Å². The number of hydrogen-bond acceptors (Lipinski definition) is 3. The van der Waals surface area contributed by atoms with Crippen molar-refractivity contribution in [2.24, 2.45) is 0 Å². The van der Waals surface area contributed by atoms with Gasteiger partial charge in [0.2, 0.25) is 0 Å². The lowest BCUT2D eigenvalue weighted by Gasteiger charge is -2.15. The van der Waals surface area contributed by atoms with Crippen molar-refractivity contribution in [2.75, 3.05) is 0 Å². The summed E-state index contributed by atoms with van der Waals surface area (Å²) in [5.74, 6) is -1.36. The van der Waals surface area contributed by atoms with Crippen molar-refractivity contribution in [1.82, 2.24) is 19.7 Å². The van der Waals surface area contributed by atoms with Crippen molar-refractivity contribution in [2.45, 2.75) is 32.5 Å². The summed E-state index contributed by atoms with van der Waals surface area (Å²) >= 11 is 0. The Kier molecular flexibility index (Phi) is 4.48. The third-order valence-corrected chi connectivity index (χ3v) is 4.06. The molecule has 0 aliphatic heterocycles. The minimum atomic E-state index is -4.86. The van der Waals surface area contributed by atoms with Crippen LogP contribution in [-0.2, 0) is 6.18 Å². The van der Waals surface area contributed by atoms with Gasteiger partial charge in [-0.05, 0) is 31.5 Å². The van der Waals surface area contributed by atoms with Gasteiger partial charge in [-0.25, -0.2) is 22.8 Å². The zero-order chi connectivity index (χ0) is 20.1. The normalized spacial score (nSPS) is 13.5. The average Bonchev–Trinajstić information content (AvgIpc) is 2.92. The second-order valence-corrected chi connectivity index (χ2v) is 5.89. The minimum Gasteiger partial charge on any atom is -0.310 e. The van der Waals surface area contributed by atoms with Crippen molar-refractivity contribution in [3.8, 4) is 0 Å². The number of H-pyrrole nitrogens is 1. The number of nitrogens with one attached hydrogen (secondary N) is 1. The maximum Gasteiger partial charge on any atom is 0.419 e. The Morgan fingerprint density at radius 2 is 1.89 bits per heavy atom. The fourth-order valence-electron chi connectivity index (χ4n) is 2.77. The van der Waals surface area contributed by atoms with E-state index < -0.39 is 46.7 Å². The van der Waals surface area contributed by atoms with E-state index in [9.17, 15) is 31.1 Å². The lowest BCUT2D eigenvalue weighted by atomic mass is 10.1. The molecule has 0 bridgehead atoms. The van der Waals surface area contributed by atoms with Crippen LogP contribution in [0.2, 0.25) is 0 Å². The number of alkyl halides is 5. The quantitative estimate of drug-likeness (QED) is 0.684. The number of hydrogen-bond donors (Lipinski definition) is 1. The molecular formula is C16H12F6N4O. The molecule has 0 amide bonds. The second kappa shape index (κ2) is 6.39. The molecule has 1 aromatic carbocycles. The van der Waals surface area contributed by atoms with Gasteiger partial charge in [-0.15, -0.1) is 0 Å². The van der Waals surface area contributed by atoms with Crippen LogP contribution in [-0.4, -0.2) is 19.7 Å². The maximum atomic E-state index is 13.9. The van der Waals surface area contributed by atoms with Crippen LogP contribution < -0.4 is 5.56 Å². The Hall–Kier alpha value is -2.85. The van der Waals surface area contributed by atoms with Crippen LogP contribution in [0.4, 0.5) is 26.3 Å². The second-order valence-electron chi connectivity index (χ2n) is 5.89. The average molecular weight is 390 g/mol. The van der Waals surface area contributed by atoms with Crippen LogP contribution in [0.5, 0.6) is 0 Å². The van der Waals surface area contributed by atoms with Gasteiger partial charge in [0.1, 0.15) is 22.7 Å². The molecule has 2 heterocycles. The molecule has 1 N–H and O–H groups in total. The van der Waals surface area contributed by atoms with E-state index in [-0.39, 0.29) is 17.0 Å². The van der Waals surface area contributed by atoms with Crippen LogP contribution in [0.25, 0.3) is 11.0 Å². The predicted molar refractivity (Wildman–Crippen MR) is 83.1 cm³/mol. The Labute approximate surface area is 147 Å². The fraction of sp³-hybridized carbons (Fsp3) is 0.312. The zero-order valence-corrected chi connectivity index (χ0v) is 13.9. The summed E-state index contributed by atoms with van der Waals surface area (Å²) in [6, 6.07) is 1.28. The van der Waals surface area contributed by atoms with Gasteiger partial charge >= 0.3 is 6.18 Å². The first-order valence-corrected chi connectivity index (χ1v) is 7.64. The van der Waals surface area contributed by atoms with E-state index in [2.05, 4.69) is 15.1 Å². The van der Waals surface area contributed by atoms with Gasteiger partial charge in [-0.2, -0.15) is 18.3 Å². The molecule has 2 aromatic heterocycles. The van der Waals surface area contributed by atoms with Gasteiger partial charge < -0.3 is 4.98 Å². The number of rotatable bonds is 3. The van der Waals surface area contributed by atoms with Gasteiger partial charge in [0, 0.05) is 0 Å². The van der Waals surface area contributed by atoms with E-state index in [1.807, 2.05) is 0 Å². The molecule has 3 aromatic rings. The first-order valence-electron chi connectivity index (χ1n) is 7.64. The number of aromatic amines is 1. The maximum absolute atomic E-state index is 13.9. The smallest absolute Gasteiger partial charge is 0.310 e. The molecule has 0 unspecified atom stereocenters. The lowest BCUT2D eigenvalue weighted by molar-refractivity contribution is -0.140. The molecule has 0 aliphatic rings. The molecule has 144 valence electrons.